The van der Waals surface area contributed by atoms with Gasteiger partial charge in [0.25, 0.3) is 0 Å². The maximum absolute atomic E-state index is 12.4. The third-order valence-electron chi connectivity index (χ3n) is 3.71. The monoisotopic (exact) mass is 276 g/mol. The minimum atomic E-state index is -0.278. The summed E-state index contributed by atoms with van der Waals surface area (Å²) < 4.78 is 0. The molecule has 0 amide bonds. The zero-order valence-corrected chi connectivity index (χ0v) is 12.8. The topological polar surface area (TPSA) is 55.6 Å². The highest BCUT2D eigenvalue weighted by molar-refractivity contribution is 5.92. The Bertz CT molecular complexity index is 512. The van der Waals surface area contributed by atoms with Crippen LogP contribution in [0, 0.1) is 6.92 Å². The van der Waals surface area contributed by atoms with Crippen LogP contribution in [0.15, 0.2) is 12.1 Å². The fourth-order valence-electron chi connectivity index (χ4n) is 2.46. The van der Waals surface area contributed by atoms with Crippen LogP contribution in [-0.2, 0) is 10.3 Å². The van der Waals surface area contributed by atoms with Crippen molar-refractivity contribution in [1.82, 2.24) is 5.06 Å². The van der Waals surface area contributed by atoms with Gasteiger partial charge in [0.1, 0.15) is 0 Å². The van der Waals surface area contributed by atoms with Crippen LogP contribution in [0.5, 0.6) is 0 Å². The Morgan fingerprint density at radius 2 is 1.85 bits per heavy atom. The summed E-state index contributed by atoms with van der Waals surface area (Å²) in [4.78, 5) is 17.9. The van der Waals surface area contributed by atoms with Gasteiger partial charge in [-0.1, -0.05) is 20.8 Å². The molecule has 0 aliphatic carbocycles. The van der Waals surface area contributed by atoms with Crippen LogP contribution in [0.4, 0.5) is 5.69 Å². The number of hydrogen-bond donors (Lipinski definition) is 1. The number of aryl methyl sites for hydroxylation is 1. The zero-order valence-electron chi connectivity index (χ0n) is 12.8. The molecule has 4 nitrogen and oxygen atoms in total. The van der Waals surface area contributed by atoms with Gasteiger partial charge in [0.2, 0.25) is 0 Å². The highest BCUT2D eigenvalue weighted by Gasteiger charge is 2.26. The molecule has 20 heavy (non-hydrogen) atoms. The smallest absolute Gasteiger partial charge is 0.357 e. The van der Waals surface area contributed by atoms with Crippen molar-refractivity contribution >= 4 is 11.7 Å². The molecule has 1 aromatic rings. The summed E-state index contributed by atoms with van der Waals surface area (Å²) in [6, 6.07) is 3.74. The summed E-state index contributed by atoms with van der Waals surface area (Å²) >= 11 is 0. The van der Waals surface area contributed by atoms with Crippen molar-refractivity contribution in [3.05, 3.63) is 28.8 Å². The average molecular weight is 276 g/mol. The van der Waals surface area contributed by atoms with Gasteiger partial charge in [0, 0.05) is 18.8 Å². The molecule has 110 valence electrons. The van der Waals surface area contributed by atoms with Gasteiger partial charge in [-0.15, -0.1) is 5.06 Å². The average Bonchev–Trinajstić information content (AvgIpc) is 2.83. The molecule has 0 bridgehead atoms. The quantitative estimate of drug-likeness (QED) is 0.844. The lowest BCUT2D eigenvalue weighted by molar-refractivity contribution is -0.0929. The van der Waals surface area contributed by atoms with Crippen molar-refractivity contribution in [3.8, 4) is 0 Å². The van der Waals surface area contributed by atoms with Crippen molar-refractivity contribution in [2.24, 2.45) is 0 Å². The van der Waals surface area contributed by atoms with Crippen LogP contribution in [-0.4, -0.2) is 24.1 Å². The van der Waals surface area contributed by atoms with E-state index in [-0.39, 0.29) is 11.4 Å². The van der Waals surface area contributed by atoms with Gasteiger partial charge < -0.3 is 10.6 Å². The molecular formula is C16H24N2O2. The van der Waals surface area contributed by atoms with Crippen molar-refractivity contribution in [3.63, 3.8) is 0 Å². The molecule has 0 radical (unpaired) electrons. The SMILES string of the molecule is Cc1cc(C(=O)ON2CCCC2)c(C(C)(C)C)cc1N. The van der Waals surface area contributed by atoms with Crippen LogP contribution in [0.3, 0.4) is 0 Å². The minimum Gasteiger partial charge on any atom is -0.399 e. The third-order valence-corrected chi connectivity index (χ3v) is 3.71. The Morgan fingerprint density at radius 3 is 2.40 bits per heavy atom. The largest absolute Gasteiger partial charge is 0.399 e. The van der Waals surface area contributed by atoms with Crippen molar-refractivity contribution in [1.29, 1.82) is 0 Å². The first-order valence-corrected chi connectivity index (χ1v) is 7.17. The number of rotatable bonds is 2. The molecule has 0 unspecified atom stereocenters. The number of nitrogens with zero attached hydrogens (tertiary/aromatic N) is 1. The molecule has 0 atom stereocenters. The Balaban J connectivity index is 2.33. The van der Waals surface area contributed by atoms with Crippen LogP contribution >= 0.6 is 0 Å². The van der Waals surface area contributed by atoms with Gasteiger partial charge in [-0.05, 0) is 48.4 Å². The summed E-state index contributed by atoms with van der Waals surface area (Å²) in [5.41, 5.74) is 9.02. The first-order valence-electron chi connectivity index (χ1n) is 7.17. The van der Waals surface area contributed by atoms with Gasteiger partial charge >= 0.3 is 5.97 Å². The number of hydrogen-bond acceptors (Lipinski definition) is 4. The van der Waals surface area contributed by atoms with Gasteiger partial charge in [-0.25, -0.2) is 4.79 Å². The molecule has 2 N–H and O–H groups in total. The molecule has 1 saturated heterocycles. The van der Waals surface area contributed by atoms with Crippen molar-refractivity contribution < 1.29 is 9.63 Å². The first kappa shape index (κ1) is 14.9. The molecule has 1 fully saturated rings. The summed E-state index contributed by atoms with van der Waals surface area (Å²) in [6.07, 6.45) is 2.17. The first-order chi connectivity index (χ1) is 9.29. The van der Waals surface area contributed by atoms with E-state index in [0.717, 1.165) is 37.1 Å². The molecule has 0 saturated carbocycles. The lowest BCUT2D eigenvalue weighted by Crippen LogP contribution is -2.26. The van der Waals surface area contributed by atoms with Crippen LogP contribution in [0.2, 0.25) is 0 Å². The highest BCUT2D eigenvalue weighted by Crippen LogP contribution is 2.30. The normalized spacial score (nSPS) is 16.4. The highest BCUT2D eigenvalue weighted by atomic mass is 16.7. The fraction of sp³-hybridized carbons (Fsp3) is 0.562. The van der Waals surface area contributed by atoms with Gasteiger partial charge in [0.15, 0.2) is 0 Å². The number of hydroxylamine groups is 2. The predicted octanol–water partition coefficient (Wildman–Crippen LogP) is 3.04. The Hall–Kier alpha value is -1.55. The molecule has 1 aliphatic rings. The summed E-state index contributed by atoms with van der Waals surface area (Å²) in [7, 11) is 0. The van der Waals surface area contributed by atoms with Crippen LogP contribution in [0.1, 0.15) is 55.1 Å². The zero-order chi connectivity index (χ0) is 14.9. The van der Waals surface area contributed by atoms with E-state index in [2.05, 4.69) is 20.8 Å². The lowest BCUT2D eigenvalue weighted by Gasteiger charge is -2.24. The molecule has 0 aromatic heterocycles. The predicted molar refractivity (Wildman–Crippen MR) is 80.5 cm³/mol. The number of carbonyl (C=O) groups is 1. The van der Waals surface area contributed by atoms with E-state index in [0.29, 0.717) is 11.3 Å². The molecule has 1 aromatic carbocycles. The Kier molecular flexibility index (Phi) is 4.04. The van der Waals surface area contributed by atoms with Gasteiger partial charge in [-0.2, -0.15) is 0 Å². The number of nitrogens with two attached hydrogens (primary N) is 1. The summed E-state index contributed by atoms with van der Waals surface area (Å²) in [5.74, 6) is -0.278. The maximum atomic E-state index is 12.4. The summed E-state index contributed by atoms with van der Waals surface area (Å²) in [5, 5.41) is 1.75. The second kappa shape index (κ2) is 5.44. The van der Waals surface area contributed by atoms with E-state index in [9.17, 15) is 4.79 Å². The minimum absolute atomic E-state index is 0.152. The van der Waals surface area contributed by atoms with E-state index < -0.39 is 0 Å². The third kappa shape index (κ3) is 3.12. The van der Waals surface area contributed by atoms with Crippen LogP contribution < -0.4 is 5.73 Å². The van der Waals surface area contributed by atoms with E-state index in [1.54, 1.807) is 5.06 Å². The summed E-state index contributed by atoms with van der Waals surface area (Å²) in [6.45, 7) is 9.78. The molecule has 1 heterocycles. The molecule has 1 aliphatic heterocycles. The Morgan fingerprint density at radius 1 is 1.25 bits per heavy atom. The van der Waals surface area contributed by atoms with E-state index in [1.165, 1.54) is 0 Å². The maximum Gasteiger partial charge on any atom is 0.357 e. The molecule has 2 rings (SSSR count). The van der Waals surface area contributed by atoms with Crippen LogP contribution in [0.25, 0.3) is 0 Å². The van der Waals surface area contributed by atoms with Gasteiger partial charge in [-0.3, -0.25) is 0 Å². The van der Waals surface area contributed by atoms with E-state index in [1.807, 2.05) is 19.1 Å². The van der Waals surface area contributed by atoms with E-state index in [4.69, 9.17) is 10.6 Å². The molecule has 4 heteroatoms. The fourth-order valence-corrected chi connectivity index (χ4v) is 2.46. The van der Waals surface area contributed by atoms with Gasteiger partial charge in [0.05, 0.1) is 5.56 Å². The van der Waals surface area contributed by atoms with Crippen molar-refractivity contribution in [2.45, 2.75) is 46.0 Å². The second-order valence-corrected chi connectivity index (χ2v) is 6.52. The van der Waals surface area contributed by atoms with E-state index >= 15 is 0 Å². The molecular weight excluding hydrogens is 252 g/mol. The molecule has 0 spiro atoms. The number of nitrogen functional groups attached to an aromatic ring is 1. The lowest BCUT2D eigenvalue weighted by atomic mass is 9.82. The number of carbonyl (C=O) groups excluding carboxylic acids is 1. The van der Waals surface area contributed by atoms with Crippen molar-refractivity contribution in [2.75, 3.05) is 18.8 Å². The number of anilines is 1. The Labute approximate surface area is 120 Å². The standard InChI is InChI=1S/C16H24N2O2/c1-11-9-12(13(10-14(11)17)16(2,3)4)15(19)20-18-7-5-6-8-18/h9-10H,5-8,17H2,1-4H3. The number of benzene rings is 1. The second-order valence-electron chi connectivity index (χ2n) is 6.52.